The van der Waals surface area contributed by atoms with Gasteiger partial charge in [0, 0.05) is 10.6 Å². The summed E-state index contributed by atoms with van der Waals surface area (Å²) in [6, 6.07) is 13.0. The number of thiol groups is 1. The van der Waals surface area contributed by atoms with Crippen molar-refractivity contribution in [3.8, 4) is 5.75 Å². The molecule has 2 aromatic rings. The van der Waals surface area contributed by atoms with Gasteiger partial charge in [0.05, 0.1) is 10.6 Å². The van der Waals surface area contributed by atoms with E-state index in [1.165, 1.54) is 11.8 Å². The number of fused-ring (bicyclic) bond motifs is 1. The van der Waals surface area contributed by atoms with E-state index in [2.05, 4.69) is 13.8 Å². The minimum atomic E-state index is -1.03. The average molecular weight is 445 g/mol. The van der Waals surface area contributed by atoms with E-state index >= 15 is 0 Å². The fourth-order valence-corrected chi connectivity index (χ4v) is 5.67. The Bertz CT molecular complexity index is 906. The van der Waals surface area contributed by atoms with E-state index in [0.717, 1.165) is 31.4 Å². The van der Waals surface area contributed by atoms with Gasteiger partial charge in [-0.3, -0.25) is 14.5 Å². The summed E-state index contributed by atoms with van der Waals surface area (Å²) in [6.07, 6.45) is 6.54. The molecule has 1 heterocycles. The molecule has 0 saturated carbocycles. The molecule has 0 unspecified atom stereocenters. The van der Waals surface area contributed by atoms with Crippen molar-refractivity contribution in [1.29, 1.82) is 0 Å². The quantitative estimate of drug-likeness (QED) is 0.277. The maximum Gasteiger partial charge on any atom is 0.246 e. The standard InChI is InChI=1S/C24H30NO3S2/c1-4-6-13-24(14-7-5-2)22(27)25(17-11-9-8-10-12-17)18-15-21(29-3)19(26)16-20(18)30-23(24)28/h8-12,15-16,26,30H,4-7,13-14H2,1-3H3. The molecule has 0 bridgehead atoms. The maximum absolute atomic E-state index is 14.2. The van der Waals surface area contributed by atoms with Crippen LogP contribution in [0.3, 0.4) is 0 Å². The highest BCUT2D eigenvalue weighted by atomic mass is 32.2. The van der Waals surface area contributed by atoms with Crippen LogP contribution in [-0.4, -0.2) is 22.4 Å². The van der Waals surface area contributed by atoms with Gasteiger partial charge in [-0.25, -0.2) is 0 Å². The average Bonchev–Trinajstić information content (AvgIpc) is 2.83. The molecule has 1 N–H and O–H groups in total. The van der Waals surface area contributed by atoms with Crippen LogP contribution >= 0.6 is 23.5 Å². The first-order valence-corrected chi connectivity index (χ1v) is 12.7. The Morgan fingerprint density at radius 2 is 1.67 bits per heavy atom. The van der Waals surface area contributed by atoms with Gasteiger partial charge in [0.1, 0.15) is 11.2 Å². The first-order valence-electron chi connectivity index (χ1n) is 10.5. The molecule has 0 fully saturated rings. The lowest BCUT2D eigenvalue weighted by molar-refractivity contribution is -0.136. The first-order chi connectivity index (χ1) is 14.5. The highest BCUT2D eigenvalue weighted by Gasteiger charge is 2.49. The summed E-state index contributed by atoms with van der Waals surface area (Å²) < 4.78 is 0. The van der Waals surface area contributed by atoms with Crippen molar-refractivity contribution < 1.29 is 14.7 Å². The van der Waals surface area contributed by atoms with Crippen LogP contribution < -0.4 is 4.90 Å². The zero-order valence-corrected chi connectivity index (χ0v) is 19.6. The van der Waals surface area contributed by atoms with Crippen LogP contribution in [0.2, 0.25) is 0 Å². The summed E-state index contributed by atoms with van der Waals surface area (Å²) in [6.45, 7) is 4.17. The zero-order valence-electron chi connectivity index (χ0n) is 17.9. The number of aromatic hydroxyl groups is 1. The number of rotatable bonds is 8. The molecule has 6 heteroatoms. The lowest BCUT2D eigenvalue weighted by Crippen LogP contribution is -2.45. The van der Waals surface area contributed by atoms with Crippen LogP contribution in [0.1, 0.15) is 52.4 Å². The van der Waals surface area contributed by atoms with Gasteiger partial charge in [-0.2, -0.15) is 0 Å². The van der Waals surface area contributed by atoms with Crippen LogP contribution in [0.15, 0.2) is 52.3 Å². The lowest BCUT2D eigenvalue weighted by Gasteiger charge is -2.34. The van der Waals surface area contributed by atoms with Gasteiger partial charge >= 0.3 is 0 Å². The number of carbonyl (C=O) groups excluding carboxylic acids is 2. The molecule has 30 heavy (non-hydrogen) atoms. The second-order valence-electron chi connectivity index (χ2n) is 7.70. The predicted molar refractivity (Wildman–Crippen MR) is 127 cm³/mol. The van der Waals surface area contributed by atoms with Crippen LogP contribution in [0, 0.1) is 5.41 Å². The number of amides is 1. The number of hydrogen-bond donors (Lipinski definition) is 2. The van der Waals surface area contributed by atoms with Crippen molar-refractivity contribution in [1.82, 2.24) is 0 Å². The summed E-state index contributed by atoms with van der Waals surface area (Å²) in [7, 11) is 0. The van der Waals surface area contributed by atoms with E-state index in [1.807, 2.05) is 42.7 Å². The Hall–Kier alpha value is -1.92. The first kappa shape index (κ1) is 22.8. The SMILES string of the molecule is CCCCC1(CCCC)C(=O)[SH]c2cc(O)c(SC)cc2N(c2ccccc2)C1=O. The molecule has 3 rings (SSSR count). The number of carbonyl (C=O) groups is 2. The van der Waals surface area contributed by atoms with Crippen molar-refractivity contribution in [3.63, 3.8) is 0 Å². The number of unbranched alkanes of at least 4 members (excludes halogenated alkanes) is 2. The fraction of sp³-hybridized carbons (Fsp3) is 0.417. The summed E-state index contributed by atoms with van der Waals surface area (Å²) >= 11 is 1.91. The molecule has 1 aliphatic rings. The smallest absolute Gasteiger partial charge is 0.246 e. The number of thioether (sulfide) groups is 1. The minimum Gasteiger partial charge on any atom is -0.507 e. The van der Waals surface area contributed by atoms with Crippen molar-refractivity contribution in [2.24, 2.45) is 5.41 Å². The van der Waals surface area contributed by atoms with Crippen LogP contribution in [-0.2, 0) is 9.59 Å². The Morgan fingerprint density at radius 1 is 1.03 bits per heavy atom. The summed E-state index contributed by atoms with van der Waals surface area (Å²) in [5.74, 6) is 0.0150. The van der Waals surface area contributed by atoms with Gasteiger partial charge in [0.15, 0.2) is 5.12 Å². The van der Waals surface area contributed by atoms with Crippen LogP contribution in [0.5, 0.6) is 5.75 Å². The van der Waals surface area contributed by atoms with E-state index in [9.17, 15) is 14.7 Å². The molecule has 0 saturated heterocycles. The van der Waals surface area contributed by atoms with Crippen LogP contribution in [0.4, 0.5) is 11.4 Å². The fourth-order valence-electron chi connectivity index (χ4n) is 3.95. The Kier molecular flexibility index (Phi) is 7.53. The van der Waals surface area contributed by atoms with Gasteiger partial charge in [-0.05, 0) is 43.4 Å². The Balaban J connectivity index is 2.24. The molecule has 161 valence electrons. The van der Waals surface area contributed by atoms with E-state index in [4.69, 9.17) is 0 Å². The Labute approximate surface area is 187 Å². The molecule has 1 radical (unpaired) electrons. The number of anilines is 2. The van der Waals surface area contributed by atoms with Crippen LogP contribution in [0.25, 0.3) is 0 Å². The molecular formula is C24H30NO3S2. The molecule has 0 aliphatic carbocycles. The van der Waals surface area contributed by atoms with E-state index < -0.39 is 5.41 Å². The molecule has 2 aromatic carbocycles. The number of hydrogen-bond acceptors (Lipinski definition) is 4. The number of para-hydroxylation sites is 1. The van der Waals surface area contributed by atoms with Gasteiger partial charge in [0.25, 0.3) is 0 Å². The monoisotopic (exact) mass is 444 g/mol. The molecule has 0 atom stereocenters. The Morgan fingerprint density at radius 3 is 2.23 bits per heavy atom. The van der Waals surface area contributed by atoms with Crippen molar-refractivity contribution in [2.75, 3.05) is 11.2 Å². The van der Waals surface area contributed by atoms with Crippen molar-refractivity contribution >= 4 is 45.9 Å². The van der Waals surface area contributed by atoms with Gasteiger partial charge in [-0.15, -0.1) is 23.5 Å². The van der Waals surface area contributed by atoms with E-state index in [-0.39, 0.29) is 16.8 Å². The number of phenolic OH excluding ortho intramolecular Hbond substituents is 1. The molecule has 1 aliphatic heterocycles. The number of nitrogens with zero attached hydrogens (tertiary/aromatic N) is 1. The summed E-state index contributed by atoms with van der Waals surface area (Å²) in [5, 5.41) is 10.4. The highest BCUT2D eigenvalue weighted by Crippen LogP contribution is 2.51. The second kappa shape index (κ2) is 9.92. The molecular weight excluding hydrogens is 414 g/mol. The molecule has 0 spiro atoms. The largest absolute Gasteiger partial charge is 0.507 e. The van der Waals surface area contributed by atoms with E-state index in [0.29, 0.717) is 40.1 Å². The molecule has 0 aromatic heterocycles. The second-order valence-corrected chi connectivity index (χ2v) is 9.65. The number of benzene rings is 2. The minimum absolute atomic E-state index is 0.0506. The summed E-state index contributed by atoms with van der Waals surface area (Å²) in [5.41, 5.74) is 0.416. The number of phenols is 1. The topological polar surface area (TPSA) is 57.6 Å². The zero-order chi connectivity index (χ0) is 21.7. The third kappa shape index (κ3) is 4.26. The molecule has 1 amide bonds. The predicted octanol–water partition coefficient (Wildman–Crippen LogP) is 6.51. The van der Waals surface area contributed by atoms with Gasteiger partial charge in [0.2, 0.25) is 5.91 Å². The third-order valence-electron chi connectivity index (χ3n) is 5.69. The highest BCUT2D eigenvalue weighted by molar-refractivity contribution is 8.14. The summed E-state index contributed by atoms with van der Waals surface area (Å²) in [4.78, 5) is 30.9. The third-order valence-corrected chi connectivity index (χ3v) is 7.69. The van der Waals surface area contributed by atoms with Gasteiger partial charge < -0.3 is 5.11 Å². The van der Waals surface area contributed by atoms with E-state index in [1.54, 1.807) is 11.0 Å². The molecule has 4 nitrogen and oxygen atoms in total. The maximum atomic E-state index is 14.2. The van der Waals surface area contributed by atoms with Crippen molar-refractivity contribution in [2.45, 2.75) is 62.2 Å². The normalized spacial score (nSPS) is 15.8. The van der Waals surface area contributed by atoms with Crippen molar-refractivity contribution in [3.05, 3.63) is 42.5 Å². The lowest BCUT2D eigenvalue weighted by atomic mass is 9.77. The van der Waals surface area contributed by atoms with Gasteiger partial charge in [-0.1, -0.05) is 57.7 Å².